The Hall–Kier alpha value is -0.810. The predicted molar refractivity (Wildman–Crippen MR) is 44.9 cm³/mol. The summed E-state index contributed by atoms with van der Waals surface area (Å²) in [6.07, 6.45) is 3.79. The van der Waals surface area contributed by atoms with E-state index in [-0.39, 0.29) is 0 Å². The van der Waals surface area contributed by atoms with Gasteiger partial charge in [-0.1, -0.05) is 6.08 Å². The van der Waals surface area contributed by atoms with Crippen LogP contribution < -0.4 is 5.32 Å². The largest absolute Gasteiger partial charge is 0.316 e. The third kappa shape index (κ3) is 2.36. The third-order valence-corrected chi connectivity index (χ3v) is 2.19. The van der Waals surface area contributed by atoms with E-state index in [1.807, 2.05) is 6.08 Å². The van der Waals surface area contributed by atoms with Crippen LogP contribution in [-0.4, -0.2) is 13.1 Å². The topological polar surface area (TPSA) is 35.8 Å². The van der Waals surface area contributed by atoms with E-state index >= 15 is 0 Å². The van der Waals surface area contributed by atoms with Crippen molar-refractivity contribution in [2.75, 3.05) is 13.1 Å². The summed E-state index contributed by atoms with van der Waals surface area (Å²) in [7, 11) is 0. The molecule has 1 N–H and O–H groups in total. The lowest BCUT2D eigenvalue weighted by atomic mass is 9.89. The standard InChI is InChI=1S/C9H14N2/c1-2-8-5-9(3-4-10)7-11-6-8/h2,8-9,11H,1,3,5-7H2. The molecule has 2 unspecified atom stereocenters. The zero-order valence-corrected chi connectivity index (χ0v) is 6.71. The number of nitriles is 1. The van der Waals surface area contributed by atoms with Gasteiger partial charge in [-0.05, 0) is 24.8 Å². The van der Waals surface area contributed by atoms with Crippen LogP contribution in [0.1, 0.15) is 12.8 Å². The SMILES string of the molecule is C=CC1CNCC(CC#N)C1. The molecule has 2 nitrogen and oxygen atoms in total. The summed E-state index contributed by atoms with van der Waals surface area (Å²) in [6, 6.07) is 2.21. The fourth-order valence-electron chi connectivity index (χ4n) is 1.53. The molecule has 1 aliphatic heterocycles. The van der Waals surface area contributed by atoms with Crippen LogP contribution in [-0.2, 0) is 0 Å². The van der Waals surface area contributed by atoms with E-state index in [0.717, 1.165) is 19.5 Å². The fraction of sp³-hybridized carbons (Fsp3) is 0.667. The zero-order chi connectivity index (χ0) is 8.10. The van der Waals surface area contributed by atoms with Crippen molar-refractivity contribution in [1.82, 2.24) is 5.32 Å². The summed E-state index contributed by atoms with van der Waals surface area (Å²) in [5.74, 6) is 1.11. The summed E-state index contributed by atoms with van der Waals surface area (Å²) in [4.78, 5) is 0. The van der Waals surface area contributed by atoms with Crippen LogP contribution in [0.25, 0.3) is 0 Å². The Labute approximate surface area is 67.9 Å². The van der Waals surface area contributed by atoms with Gasteiger partial charge in [0.2, 0.25) is 0 Å². The van der Waals surface area contributed by atoms with Gasteiger partial charge in [0.05, 0.1) is 6.07 Å². The molecule has 0 aliphatic carbocycles. The molecule has 1 rings (SSSR count). The molecular weight excluding hydrogens is 136 g/mol. The maximum absolute atomic E-state index is 8.47. The van der Waals surface area contributed by atoms with E-state index in [0.29, 0.717) is 18.3 Å². The molecule has 0 bridgehead atoms. The Morgan fingerprint density at radius 2 is 2.45 bits per heavy atom. The second kappa shape index (κ2) is 4.15. The number of piperidine rings is 1. The molecular formula is C9H14N2. The lowest BCUT2D eigenvalue weighted by molar-refractivity contribution is 0.329. The Morgan fingerprint density at radius 3 is 3.09 bits per heavy atom. The minimum Gasteiger partial charge on any atom is -0.316 e. The Morgan fingerprint density at radius 1 is 1.64 bits per heavy atom. The van der Waals surface area contributed by atoms with Gasteiger partial charge in [0.25, 0.3) is 0 Å². The first-order chi connectivity index (χ1) is 5.36. The predicted octanol–water partition coefficient (Wildman–Crippen LogP) is 1.31. The minimum absolute atomic E-state index is 0.539. The zero-order valence-electron chi connectivity index (χ0n) is 6.71. The second-order valence-corrected chi connectivity index (χ2v) is 3.12. The summed E-state index contributed by atoms with van der Waals surface area (Å²) in [5.41, 5.74) is 0. The van der Waals surface area contributed by atoms with Crippen LogP contribution in [0.5, 0.6) is 0 Å². The number of nitrogens with one attached hydrogen (secondary N) is 1. The van der Waals surface area contributed by atoms with Crippen molar-refractivity contribution in [3.8, 4) is 6.07 Å². The quantitative estimate of drug-likeness (QED) is 0.602. The number of nitrogens with zero attached hydrogens (tertiary/aromatic N) is 1. The lowest BCUT2D eigenvalue weighted by Gasteiger charge is -2.26. The van der Waals surface area contributed by atoms with Crippen LogP contribution in [0, 0.1) is 23.2 Å². The minimum atomic E-state index is 0.539. The average Bonchev–Trinajstić information content (AvgIpc) is 2.06. The maximum Gasteiger partial charge on any atom is 0.0625 e. The fourth-order valence-corrected chi connectivity index (χ4v) is 1.53. The van der Waals surface area contributed by atoms with Gasteiger partial charge in [-0.2, -0.15) is 5.26 Å². The molecule has 0 aromatic rings. The van der Waals surface area contributed by atoms with E-state index < -0.39 is 0 Å². The van der Waals surface area contributed by atoms with Crippen molar-refractivity contribution in [2.24, 2.45) is 11.8 Å². The van der Waals surface area contributed by atoms with Crippen LogP contribution in [0.4, 0.5) is 0 Å². The molecule has 1 aliphatic rings. The van der Waals surface area contributed by atoms with E-state index in [9.17, 15) is 0 Å². The molecule has 2 heteroatoms. The Balaban J connectivity index is 2.34. The molecule has 0 aromatic heterocycles. The van der Waals surface area contributed by atoms with Crippen molar-refractivity contribution in [3.63, 3.8) is 0 Å². The summed E-state index contributed by atoms with van der Waals surface area (Å²) in [6.45, 7) is 5.79. The molecule has 0 saturated carbocycles. The highest BCUT2D eigenvalue weighted by molar-refractivity contribution is 4.89. The molecule has 60 valence electrons. The van der Waals surface area contributed by atoms with Crippen molar-refractivity contribution in [1.29, 1.82) is 5.26 Å². The highest BCUT2D eigenvalue weighted by Gasteiger charge is 2.18. The monoisotopic (exact) mass is 150 g/mol. The molecule has 0 amide bonds. The van der Waals surface area contributed by atoms with Crippen LogP contribution in [0.15, 0.2) is 12.7 Å². The number of hydrogen-bond donors (Lipinski definition) is 1. The molecule has 0 radical (unpaired) electrons. The molecule has 1 heterocycles. The Bertz CT molecular complexity index is 169. The van der Waals surface area contributed by atoms with E-state index in [1.165, 1.54) is 0 Å². The van der Waals surface area contributed by atoms with Gasteiger partial charge in [-0.15, -0.1) is 6.58 Å². The first-order valence-electron chi connectivity index (χ1n) is 4.07. The van der Waals surface area contributed by atoms with Crippen molar-refractivity contribution < 1.29 is 0 Å². The number of hydrogen-bond acceptors (Lipinski definition) is 2. The second-order valence-electron chi connectivity index (χ2n) is 3.12. The third-order valence-electron chi connectivity index (χ3n) is 2.19. The summed E-state index contributed by atoms with van der Waals surface area (Å²) in [5, 5.41) is 11.8. The highest BCUT2D eigenvalue weighted by atomic mass is 14.9. The maximum atomic E-state index is 8.47. The molecule has 1 saturated heterocycles. The van der Waals surface area contributed by atoms with E-state index in [1.54, 1.807) is 0 Å². The molecule has 1 fully saturated rings. The van der Waals surface area contributed by atoms with Crippen LogP contribution in [0.2, 0.25) is 0 Å². The van der Waals surface area contributed by atoms with Crippen LogP contribution in [0.3, 0.4) is 0 Å². The van der Waals surface area contributed by atoms with Gasteiger partial charge in [0.15, 0.2) is 0 Å². The van der Waals surface area contributed by atoms with Gasteiger partial charge in [-0.25, -0.2) is 0 Å². The highest BCUT2D eigenvalue weighted by Crippen LogP contribution is 2.19. The first-order valence-corrected chi connectivity index (χ1v) is 4.07. The number of rotatable bonds is 2. The van der Waals surface area contributed by atoms with E-state index in [2.05, 4.69) is 18.0 Å². The lowest BCUT2D eigenvalue weighted by Crippen LogP contribution is -2.35. The van der Waals surface area contributed by atoms with Gasteiger partial charge in [-0.3, -0.25) is 0 Å². The van der Waals surface area contributed by atoms with Gasteiger partial charge < -0.3 is 5.32 Å². The normalized spacial score (nSPS) is 30.8. The molecule has 2 atom stereocenters. The molecule has 11 heavy (non-hydrogen) atoms. The molecule has 0 spiro atoms. The van der Waals surface area contributed by atoms with Crippen molar-refractivity contribution in [2.45, 2.75) is 12.8 Å². The first kappa shape index (κ1) is 8.29. The van der Waals surface area contributed by atoms with E-state index in [4.69, 9.17) is 5.26 Å². The average molecular weight is 150 g/mol. The van der Waals surface area contributed by atoms with Gasteiger partial charge >= 0.3 is 0 Å². The smallest absolute Gasteiger partial charge is 0.0625 e. The van der Waals surface area contributed by atoms with Crippen molar-refractivity contribution in [3.05, 3.63) is 12.7 Å². The van der Waals surface area contributed by atoms with Crippen molar-refractivity contribution >= 4 is 0 Å². The van der Waals surface area contributed by atoms with Crippen LogP contribution >= 0.6 is 0 Å². The van der Waals surface area contributed by atoms with Gasteiger partial charge in [0, 0.05) is 13.0 Å². The molecule has 0 aromatic carbocycles. The summed E-state index contributed by atoms with van der Waals surface area (Å²) < 4.78 is 0. The Kier molecular flexibility index (Phi) is 3.13. The summed E-state index contributed by atoms with van der Waals surface area (Å²) >= 11 is 0. The van der Waals surface area contributed by atoms with Gasteiger partial charge in [0.1, 0.15) is 0 Å².